The van der Waals surface area contributed by atoms with Crippen molar-refractivity contribution in [1.82, 2.24) is 0 Å². The van der Waals surface area contributed by atoms with Crippen molar-refractivity contribution >= 4 is 0 Å². The lowest BCUT2D eigenvalue weighted by Gasteiger charge is -2.38. The first-order valence-electron chi connectivity index (χ1n) is 7.09. The number of benzene rings is 2. The Morgan fingerprint density at radius 2 is 1.25 bits per heavy atom. The van der Waals surface area contributed by atoms with Gasteiger partial charge in [0, 0.05) is 0 Å². The van der Waals surface area contributed by atoms with Crippen LogP contribution in [-0.2, 0) is 5.41 Å². The molecular weight excluding hydrogens is 240 g/mol. The second-order valence-corrected chi connectivity index (χ2v) is 5.22. The van der Waals surface area contributed by atoms with E-state index < -0.39 is 0 Å². The van der Waals surface area contributed by atoms with Gasteiger partial charge in [-0.3, -0.25) is 0 Å². The Labute approximate surface area is 122 Å². The number of rotatable bonds is 5. The van der Waals surface area contributed by atoms with Crippen molar-refractivity contribution in [2.45, 2.75) is 25.7 Å². The van der Waals surface area contributed by atoms with Gasteiger partial charge >= 0.3 is 0 Å². The minimum absolute atomic E-state index is 0.294. The van der Waals surface area contributed by atoms with E-state index in [2.05, 4.69) is 75.5 Å². The normalized spacial score (nSPS) is 11.1. The van der Waals surface area contributed by atoms with E-state index in [0.29, 0.717) is 0 Å². The predicted molar refractivity (Wildman–Crippen MR) is 87.9 cm³/mol. The van der Waals surface area contributed by atoms with Gasteiger partial charge in [-0.05, 0) is 24.5 Å². The average molecular weight is 262 g/mol. The highest BCUT2D eigenvalue weighted by Crippen LogP contribution is 2.44. The third kappa shape index (κ3) is 2.22. The molecule has 0 aliphatic carbocycles. The second kappa shape index (κ2) is 5.92. The van der Waals surface area contributed by atoms with Gasteiger partial charge in [0.1, 0.15) is 0 Å². The van der Waals surface area contributed by atoms with Gasteiger partial charge in [-0.1, -0.05) is 91.9 Å². The Morgan fingerprint density at radius 3 is 1.55 bits per heavy atom. The zero-order chi connectivity index (χ0) is 14.6. The number of hydrogen-bond acceptors (Lipinski definition) is 0. The lowest BCUT2D eigenvalue weighted by Crippen LogP contribution is -2.30. The summed E-state index contributed by atoms with van der Waals surface area (Å²) in [5, 5.41) is 0. The summed E-state index contributed by atoms with van der Waals surface area (Å²) in [4.78, 5) is 0. The summed E-state index contributed by atoms with van der Waals surface area (Å²) < 4.78 is 0. The second-order valence-electron chi connectivity index (χ2n) is 5.22. The predicted octanol–water partition coefficient (Wildman–Crippen LogP) is 5.52. The van der Waals surface area contributed by atoms with E-state index in [-0.39, 0.29) is 5.41 Å². The molecule has 20 heavy (non-hydrogen) atoms. The van der Waals surface area contributed by atoms with E-state index in [1.54, 1.807) is 0 Å². The zero-order valence-corrected chi connectivity index (χ0v) is 12.4. The molecule has 0 atom stereocenters. The SMILES string of the molecule is C=C(C)C(C(=C)CC)(c1ccccc1)c1ccccc1. The van der Waals surface area contributed by atoms with Crippen LogP contribution in [0.3, 0.4) is 0 Å². The minimum Gasteiger partial charge on any atom is -0.0986 e. The molecule has 0 amide bonds. The van der Waals surface area contributed by atoms with Crippen LogP contribution in [0.5, 0.6) is 0 Å². The third-order valence-corrected chi connectivity index (χ3v) is 4.01. The maximum atomic E-state index is 4.36. The molecule has 0 heterocycles. The summed E-state index contributed by atoms with van der Waals surface area (Å²) in [6, 6.07) is 21.1. The molecule has 0 N–H and O–H groups in total. The van der Waals surface area contributed by atoms with Crippen molar-refractivity contribution in [2.75, 3.05) is 0 Å². The lowest BCUT2D eigenvalue weighted by molar-refractivity contribution is 0.683. The van der Waals surface area contributed by atoms with Crippen molar-refractivity contribution in [1.29, 1.82) is 0 Å². The molecule has 0 aliphatic heterocycles. The molecule has 0 spiro atoms. The van der Waals surface area contributed by atoms with Gasteiger partial charge in [-0.2, -0.15) is 0 Å². The molecule has 0 saturated heterocycles. The Hall–Kier alpha value is -2.08. The fourth-order valence-corrected chi connectivity index (χ4v) is 3.01. The summed E-state index contributed by atoms with van der Waals surface area (Å²) in [5.74, 6) is 0. The standard InChI is InChI=1S/C20H22/c1-5-17(4)20(16(2)3,18-12-8-6-9-13-18)19-14-10-7-11-15-19/h6-15H,2,4-5H2,1,3H3. The summed E-state index contributed by atoms with van der Waals surface area (Å²) in [6.45, 7) is 12.9. The van der Waals surface area contributed by atoms with Gasteiger partial charge in [0.15, 0.2) is 0 Å². The Kier molecular flexibility index (Phi) is 4.24. The molecule has 2 rings (SSSR count). The van der Waals surface area contributed by atoms with Crippen molar-refractivity contribution in [3.05, 3.63) is 96.1 Å². The van der Waals surface area contributed by atoms with Crippen molar-refractivity contribution in [3.8, 4) is 0 Å². The minimum atomic E-state index is -0.294. The molecule has 2 aromatic carbocycles. The van der Waals surface area contributed by atoms with E-state index in [9.17, 15) is 0 Å². The van der Waals surface area contributed by atoms with Gasteiger partial charge < -0.3 is 0 Å². The van der Waals surface area contributed by atoms with Crippen LogP contribution in [0.4, 0.5) is 0 Å². The molecule has 0 nitrogen and oxygen atoms in total. The van der Waals surface area contributed by atoms with Crippen LogP contribution >= 0.6 is 0 Å². The topological polar surface area (TPSA) is 0 Å². The van der Waals surface area contributed by atoms with Crippen molar-refractivity contribution < 1.29 is 0 Å². The van der Waals surface area contributed by atoms with E-state index in [4.69, 9.17) is 0 Å². The van der Waals surface area contributed by atoms with Gasteiger partial charge in [-0.25, -0.2) is 0 Å². The largest absolute Gasteiger partial charge is 0.0986 e. The Bertz CT molecular complexity index is 551. The van der Waals surface area contributed by atoms with Crippen LogP contribution in [0.2, 0.25) is 0 Å². The molecule has 0 aromatic heterocycles. The molecule has 2 aromatic rings. The highest BCUT2D eigenvalue weighted by atomic mass is 14.4. The first-order chi connectivity index (χ1) is 9.64. The van der Waals surface area contributed by atoms with E-state index in [1.807, 2.05) is 12.1 Å². The molecule has 0 saturated carbocycles. The lowest BCUT2D eigenvalue weighted by atomic mass is 9.65. The van der Waals surface area contributed by atoms with Crippen LogP contribution in [0, 0.1) is 0 Å². The smallest absolute Gasteiger partial charge is 0.0613 e. The molecule has 0 radical (unpaired) electrons. The van der Waals surface area contributed by atoms with Crippen LogP contribution in [-0.4, -0.2) is 0 Å². The fourth-order valence-electron chi connectivity index (χ4n) is 3.01. The van der Waals surface area contributed by atoms with E-state index in [1.165, 1.54) is 16.7 Å². The Morgan fingerprint density at radius 1 is 0.850 bits per heavy atom. The highest BCUT2D eigenvalue weighted by molar-refractivity contribution is 5.55. The van der Waals surface area contributed by atoms with Crippen LogP contribution in [0.25, 0.3) is 0 Å². The first-order valence-corrected chi connectivity index (χ1v) is 7.09. The Balaban J connectivity index is 2.77. The monoisotopic (exact) mass is 262 g/mol. The molecular formula is C20H22. The van der Waals surface area contributed by atoms with Crippen molar-refractivity contribution in [3.63, 3.8) is 0 Å². The molecule has 0 bridgehead atoms. The van der Waals surface area contributed by atoms with Gasteiger partial charge in [0.2, 0.25) is 0 Å². The summed E-state index contributed by atoms with van der Waals surface area (Å²) in [7, 11) is 0. The van der Waals surface area contributed by atoms with Gasteiger partial charge in [0.25, 0.3) is 0 Å². The van der Waals surface area contributed by atoms with Gasteiger partial charge in [0.05, 0.1) is 5.41 Å². The summed E-state index contributed by atoms with van der Waals surface area (Å²) >= 11 is 0. The summed E-state index contributed by atoms with van der Waals surface area (Å²) in [5.41, 5.74) is 4.48. The highest BCUT2D eigenvalue weighted by Gasteiger charge is 2.36. The van der Waals surface area contributed by atoms with Crippen LogP contribution in [0.15, 0.2) is 85.0 Å². The summed E-state index contributed by atoms with van der Waals surface area (Å²) in [6.07, 6.45) is 0.927. The molecule has 0 heteroatoms. The molecule has 0 fully saturated rings. The average Bonchev–Trinajstić information content (AvgIpc) is 2.49. The first kappa shape index (κ1) is 14.3. The number of allylic oxidation sites excluding steroid dienone is 2. The van der Waals surface area contributed by atoms with Gasteiger partial charge in [-0.15, -0.1) is 0 Å². The molecule has 0 unspecified atom stereocenters. The molecule has 102 valence electrons. The maximum absolute atomic E-state index is 4.36. The van der Waals surface area contributed by atoms with E-state index >= 15 is 0 Å². The van der Waals surface area contributed by atoms with Crippen LogP contribution < -0.4 is 0 Å². The molecule has 0 aliphatic rings. The fraction of sp³-hybridized carbons (Fsp3) is 0.200. The zero-order valence-electron chi connectivity index (χ0n) is 12.4. The quantitative estimate of drug-likeness (QED) is 0.623. The van der Waals surface area contributed by atoms with E-state index in [0.717, 1.165) is 12.0 Å². The number of hydrogen-bond donors (Lipinski definition) is 0. The van der Waals surface area contributed by atoms with Crippen LogP contribution in [0.1, 0.15) is 31.4 Å². The van der Waals surface area contributed by atoms with Crippen molar-refractivity contribution in [2.24, 2.45) is 0 Å². The third-order valence-electron chi connectivity index (χ3n) is 4.01. The maximum Gasteiger partial charge on any atom is 0.0613 e.